The molecule has 1 aromatic heterocycles. The van der Waals surface area contributed by atoms with Gasteiger partial charge in [0.1, 0.15) is 5.75 Å². The second kappa shape index (κ2) is 8.12. The maximum atomic E-state index is 12.4. The van der Waals surface area contributed by atoms with Crippen LogP contribution in [-0.2, 0) is 17.8 Å². The Bertz CT molecular complexity index is 1130. The summed E-state index contributed by atoms with van der Waals surface area (Å²) in [6.45, 7) is 2.11. The van der Waals surface area contributed by atoms with Crippen LogP contribution in [0, 0.1) is 0 Å². The van der Waals surface area contributed by atoms with E-state index in [2.05, 4.69) is 15.2 Å². The summed E-state index contributed by atoms with van der Waals surface area (Å²) in [6, 6.07) is 10.2. The number of aryl methyl sites for hydroxylation is 1. The molecule has 0 unspecified atom stereocenters. The normalized spacial score (nSPS) is 11.5. The molecule has 29 heavy (non-hydrogen) atoms. The van der Waals surface area contributed by atoms with Gasteiger partial charge in [-0.1, -0.05) is 29.8 Å². The second-order valence-electron chi connectivity index (χ2n) is 6.03. The minimum absolute atomic E-state index is 0.140. The molecule has 0 spiro atoms. The number of rotatable bonds is 5. The Morgan fingerprint density at radius 3 is 2.52 bits per heavy atom. The maximum Gasteiger partial charge on any atom is 0.573 e. The van der Waals surface area contributed by atoms with E-state index in [1.807, 2.05) is 0 Å². The molecule has 1 heterocycles. The molecule has 152 valence electrons. The molecule has 0 aliphatic carbocycles. The molecule has 0 aliphatic rings. The topological polar surface area (TPSA) is 73.2 Å². The van der Waals surface area contributed by atoms with E-state index >= 15 is 0 Å². The number of aromatic nitrogens is 2. The lowest BCUT2D eigenvalue weighted by Gasteiger charge is -2.12. The molecule has 3 aromatic rings. The summed E-state index contributed by atoms with van der Waals surface area (Å²) in [7, 11) is 0. The highest BCUT2D eigenvalue weighted by atomic mass is 35.5. The van der Waals surface area contributed by atoms with E-state index < -0.39 is 18.0 Å². The largest absolute Gasteiger partial charge is 0.573 e. The van der Waals surface area contributed by atoms with Crippen molar-refractivity contribution >= 4 is 34.0 Å². The van der Waals surface area contributed by atoms with E-state index in [4.69, 9.17) is 11.6 Å². The summed E-state index contributed by atoms with van der Waals surface area (Å²) in [5, 5.41) is 7.50. The molecule has 1 N–H and O–H groups in total. The van der Waals surface area contributed by atoms with Crippen molar-refractivity contribution in [2.24, 2.45) is 0 Å². The molecule has 1 amide bonds. The fourth-order valence-corrected chi connectivity index (χ4v) is 3.01. The third-order valence-corrected chi connectivity index (χ3v) is 4.31. The Hall–Kier alpha value is -3.07. The number of fused-ring (bicyclic) bond motifs is 1. The van der Waals surface area contributed by atoms with Crippen molar-refractivity contribution in [1.82, 2.24) is 9.78 Å². The van der Waals surface area contributed by atoms with Crippen molar-refractivity contribution in [3.05, 3.63) is 63.5 Å². The van der Waals surface area contributed by atoms with Gasteiger partial charge in [-0.25, -0.2) is 4.68 Å². The summed E-state index contributed by atoms with van der Waals surface area (Å²) < 4.78 is 42.0. The average Bonchev–Trinajstić information content (AvgIpc) is 2.65. The highest BCUT2D eigenvalue weighted by Crippen LogP contribution is 2.32. The molecule has 2 aromatic carbocycles. The Balaban J connectivity index is 1.82. The fourth-order valence-electron chi connectivity index (χ4n) is 2.79. The SMILES string of the molecule is CCn1nc(CC(=O)Nc2ccc(OC(F)(F)F)c(Cl)c2)c2ccccc2c1=O. The summed E-state index contributed by atoms with van der Waals surface area (Å²) in [6.07, 6.45) is -5.01. The van der Waals surface area contributed by atoms with E-state index in [0.717, 1.165) is 12.1 Å². The van der Waals surface area contributed by atoms with Crippen molar-refractivity contribution in [2.75, 3.05) is 5.32 Å². The van der Waals surface area contributed by atoms with Crippen molar-refractivity contribution in [1.29, 1.82) is 0 Å². The number of nitrogens with one attached hydrogen (secondary N) is 1. The number of hydrogen-bond donors (Lipinski definition) is 1. The highest BCUT2D eigenvalue weighted by molar-refractivity contribution is 6.32. The Morgan fingerprint density at radius 1 is 1.21 bits per heavy atom. The zero-order valence-electron chi connectivity index (χ0n) is 15.1. The van der Waals surface area contributed by atoms with Crippen molar-refractivity contribution in [3.8, 4) is 5.75 Å². The average molecular weight is 426 g/mol. The van der Waals surface area contributed by atoms with Crippen molar-refractivity contribution in [2.45, 2.75) is 26.3 Å². The molecule has 0 fully saturated rings. The number of carbonyl (C=O) groups excluding carboxylic acids is 1. The number of amides is 1. The highest BCUT2D eigenvalue weighted by Gasteiger charge is 2.32. The lowest BCUT2D eigenvalue weighted by molar-refractivity contribution is -0.274. The third-order valence-electron chi connectivity index (χ3n) is 4.01. The van der Waals surface area contributed by atoms with Gasteiger partial charge >= 0.3 is 6.36 Å². The standard InChI is InChI=1S/C19H15ClF3N3O3/c1-2-26-18(28)13-6-4-3-5-12(13)15(25-26)10-17(27)24-11-7-8-16(14(20)9-11)29-19(21,22)23/h3-9H,2,10H2,1H3,(H,24,27). The van der Waals surface area contributed by atoms with Crippen LogP contribution in [0.2, 0.25) is 5.02 Å². The molecular formula is C19H15ClF3N3O3. The number of halogens is 4. The quantitative estimate of drug-likeness (QED) is 0.666. The van der Waals surface area contributed by atoms with E-state index in [1.54, 1.807) is 31.2 Å². The van der Waals surface area contributed by atoms with Gasteiger partial charge in [-0.3, -0.25) is 9.59 Å². The van der Waals surface area contributed by atoms with Gasteiger partial charge in [0, 0.05) is 17.6 Å². The predicted octanol–water partition coefficient (Wildman–Crippen LogP) is 4.15. The Kier molecular flexibility index (Phi) is 5.78. The van der Waals surface area contributed by atoms with Gasteiger partial charge in [0.25, 0.3) is 5.56 Å². The molecule has 6 nitrogen and oxygen atoms in total. The summed E-state index contributed by atoms with van der Waals surface area (Å²) in [5.41, 5.74) is 0.351. The molecule has 0 atom stereocenters. The summed E-state index contributed by atoms with van der Waals surface area (Å²) in [5.74, 6) is -1.04. The van der Waals surface area contributed by atoms with Crippen LogP contribution in [0.15, 0.2) is 47.3 Å². The Labute approximate surface area is 167 Å². The zero-order valence-corrected chi connectivity index (χ0v) is 15.8. The van der Waals surface area contributed by atoms with Crippen LogP contribution < -0.4 is 15.6 Å². The zero-order chi connectivity index (χ0) is 21.2. The first kappa shape index (κ1) is 20.7. The molecule has 3 rings (SSSR count). The summed E-state index contributed by atoms with van der Waals surface area (Å²) in [4.78, 5) is 24.8. The lowest BCUT2D eigenvalue weighted by atomic mass is 10.1. The first-order valence-corrected chi connectivity index (χ1v) is 8.89. The number of benzene rings is 2. The number of alkyl halides is 3. The minimum Gasteiger partial charge on any atom is -0.404 e. The van der Waals surface area contributed by atoms with Crippen LogP contribution in [0.25, 0.3) is 10.8 Å². The van der Waals surface area contributed by atoms with Crippen LogP contribution in [0.3, 0.4) is 0 Å². The number of anilines is 1. The van der Waals surface area contributed by atoms with Gasteiger partial charge in [0.05, 0.1) is 22.5 Å². The third kappa shape index (κ3) is 4.86. The van der Waals surface area contributed by atoms with Crippen LogP contribution >= 0.6 is 11.6 Å². The molecule has 0 radical (unpaired) electrons. The second-order valence-corrected chi connectivity index (χ2v) is 6.44. The van der Waals surface area contributed by atoms with Crippen LogP contribution in [0.5, 0.6) is 5.75 Å². The summed E-state index contributed by atoms with van der Waals surface area (Å²) >= 11 is 5.79. The van der Waals surface area contributed by atoms with E-state index in [1.165, 1.54) is 10.7 Å². The molecule has 0 saturated carbocycles. The number of nitrogens with zero attached hydrogens (tertiary/aromatic N) is 2. The molecule has 0 saturated heterocycles. The molecule has 10 heteroatoms. The number of ether oxygens (including phenoxy) is 1. The molecule has 0 aliphatic heterocycles. The predicted molar refractivity (Wildman–Crippen MR) is 102 cm³/mol. The number of hydrogen-bond acceptors (Lipinski definition) is 4. The first-order valence-electron chi connectivity index (χ1n) is 8.52. The smallest absolute Gasteiger partial charge is 0.404 e. The Morgan fingerprint density at radius 2 is 1.90 bits per heavy atom. The van der Waals surface area contributed by atoms with Crippen LogP contribution in [0.1, 0.15) is 12.6 Å². The van der Waals surface area contributed by atoms with Crippen molar-refractivity contribution in [3.63, 3.8) is 0 Å². The molecule has 0 bridgehead atoms. The van der Waals surface area contributed by atoms with E-state index in [-0.39, 0.29) is 22.7 Å². The first-order chi connectivity index (χ1) is 13.7. The van der Waals surface area contributed by atoms with Gasteiger partial charge in [0.15, 0.2) is 0 Å². The van der Waals surface area contributed by atoms with Gasteiger partial charge in [-0.15, -0.1) is 13.2 Å². The van der Waals surface area contributed by atoms with Crippen LogP contribution in [-0.4, -0.2) is 22.1 Å². The van der Waals surface area contributed by atoms with Gasteiger partial charge in [0.2, 0.25) is 5.91 Å². The minimum atomic E-state index is -4.87. The van der Waals surface area contributed by atoms with Gasteiger partial charge in [-0.2, -0.15) is 5.10 Å². The van der Waals surface area contributed by atoms with Crippen LogP contribution in [0.4, 0.5) is 18.9 Å². The number of carbonyl (C=O) groups is 1. The fraction of sp³-hybridized carbons (Fsp3) is 0.211. The van der Waals surface area contributed by atoms with Gasteiger partial charge in [-0.05, 0) is 31.2 Å². The van der Waals surface area contributed by atoms with Gasteiger partial charge < -0.3 is 10.1 Å². The lowest BCUT2D eigenvalue weighted by Crippen LogP contribution is -2.25. The van der Waals surface area contributed by atoms with E-state index in [9.17, 15) is 22.8 Å². The van der Waals surface area contributed by atoms with E-state index in [0.29, 0.717) is 23.0 Å². The monoisotopic (exact) mass is 425 g/mol. The van der Waals surface area contributed by atoms with Crippen molar-refractivity contribution < 1.29 is 22.7 Å². The maximum absolute atomic E-state index is 12.4. The molecular weight excluding hydrogens is 411 g/mol.